The van der Waals surface area contributed by atoms with Crippen LogP contribution in [0.25, 0.3) is 11.0 Å². The standard InChI is InChI=1S/C21H23ClFN3O/c1-26-10-8-13(9-11-26)12-15(14-6-7-16(22)19(23)20(14)27)21-24-17-4-2-3-5-18(17)25-21/h2-7,13,15,27H,8-12H2,1H3,(H,24,25). The van der Waals surface area contributed by atoms with Crippen LogP contribution in [0.3, 0.4) is 0 Å². The Labute approximate surface area is 163 Å². The summed E-state index contributed by atoms with van der Waals surface area (Å²) in [6, 6.07) is 11.0. The smallest absolute Gasteiger partial charge is 0.183 e. The first-order chi connectivity index (χ1) is 13.0. The molecule has 0 bridgehead atoms. The van der Waals surface area contributed by atoms with Gasteiger partial charge in [0.15, 0.2) is 11.6 Å². The summed E-state index contributed by atoms with van der Waals surface area (Å²) >= 11 is 5.84. The quantitative estimate of drug-likeness (QED) is 0.667. The molecule has 1 aromatic heterocycles. The Morgan fingerprint density at radius 2 is 2.00 bits per heavy atom. The molecule has 2 heterocycles. The van der Waals surface area contributed by atoms with Crippen molar-refractivity contribution in [3.8, 4) is 5.75 Å². The number of piperidine rings is 1. The van der Waals surface area contributed by atoms with E-state index in [0.29, 0.717) is 11.5 Å². The van der Waals surface area contributed by atoms with E-state index in [1.807, 2.05) is 24.3 Å². The van der Waals surface area contributed by atoms with Gasteiger partial charge in [0, 0.05) is 11.5 Å². The number of phenolic OH excluding ortho intramolecular Hbond substituents is 1. The minimum absolute atomic E-state index is 0.0705. The Hall–Kier alpha value is -2.11. The van der Waals surface area contributed by atoms with Crippen LogP contribution < -0.4 is 0 Å². The molecule has 1 unspecified atom stereocenters. The number of H-pyrrole nitrogens is 1. The van der Waals surface area contributed by atoms with Crippen molar-refractivity contribution in [2.24, 2.45) is 5.92 Å². The molecule has 3 aromatic rings. The molecule has 1 aliphatic heterocycles. The Bertz CT molecular complexity index is 917. The molecule has 0 radical (unpaired) electrons. The first-order valence-corrected chi connectivity index (χ1v) is 9.70. The lowest BCUT2D eigenvalue weighted by Crippen LogP contribution is -2.31. The van der Waals surface area contributed by atoms with Gasteiger partial charge in [-0.05, 0) is 63.5 Å². The predicted molar refractivity (Wildman–Crippen MR) is 106 cm³/mol. The maximum atomic E-state index is 14.3. The lowest BCUT2D eigenvalue weighted by atomic mass is 9.83. The minimum atomic E-state index is -0.765. The van der Waals surface area contributed by atoms with E-state index in [2.05, 4.69) is 16.9 Å². The van der Waals surface area contributed by atoms with Crippen molar-refractivity contribution >= 4 is 22.6 Å². The van der Waals surface area contributed by atoms with E-state index in [9.17, 15) is 9.50 Å². The Balaban J connectivity index is 1.74. The zero-order valence-electron chi connectivity index (χ0n) is 15.3. The number of hydrogen-bond donors (Lipinski definition) is 2. The van der Waals surface area contributed by atoms with Crippen molar-refractivity contribution in [2.75, 3.05) is 20.1 Å². The lowest BCUT2D eigenvalue weighted by molar-refractivity contribution is 0.207. The highest BCUT2D eigenvalue weighted by Crippen LogP contribution is 2.40. The SMILES string of the molecule is CN1CCC(CC(c2nc3ccccc3[nH]2)c2ccc(Cl)c(F)c2O)CC1. The van der Waals surface area contributed by atoms with Gasteiger partial charge in [0.1, 0.15) is 5.82 Å². The van der Waals surface area contributed by atoms with Gasteiger partial charge in [-0.15, -0.1) is 0 Å². The molecule has 2 aromatic carbocycles. The molecule has 1 aliphatic rings. The van der Waals surface area contributed by atoms with Crippen LogP contribution in [0, 0.1) is 11.7 Å². The number of benzene rings is 2. The van der Waals surface area contributed by atoms with Crippen LogP contribution in [0.5, 0.6) is 5.75 Å². The van der Waals surface area contributed by atoms with Crippen LogP contribution in [-0.2, 0) is 0 Å². The van der Waals surface area contributed by atoms with Crippen molar-refractivity contribution in [2.45, 2.75) is 25.2 Å². The van der Waals surface area contributed by atoms with E-state index in [1.54, 1.807) is 6.07 Å². The number of aromatic amines is 1. The van der Waals surface area contributed by atoms with E-state index >= 15 is 0 Å². The van der Waals surface area contributed by atoms with Crippen LogP contribution in [0.2, 0.25) is 5.02 Å². The Morgan fingerprint density at radius 1 is 1.26 bits per heavy atom. The van der Waals surface area contributed by atoms with Gasteiger partial charge in [0.05, 0.1) is 16.1 Å². The number of likely N-dealkylation sites (tertiary alicyclic amines) is 1. The largest absolute Gasteiger partial charge is 0.505 e. The molecule has 0 saturated carbocycles. The third kappa shape index (κ3) is 3.66. The number of halogens is 2. The number of nitrogens with zero attached hydrogens (tertiary/aromatic N) is 2. The highest BCUT2D eigenvalue weighted by molar-refractivity contribution is 6.30. The van der Waals surface area contributed by atoms with Crippen LogP contribution in [0.4, 0.5) is 4.39 Å². The number of aromatic nitrogens is 2. The van der Waals surface area contributed by atoms with Crippen LogP contribution >= 0.6 is 11.6 Å². The van der Waals surface area contributed by atoms with Gasteiger partial charge in [0.2, 0.25) is 0 Å². The predicted octanol–water partition coefficient (Wildman–Crippen LogP) is 4.92. The monoisotopic (exact) mass is 387 g/mol. The summed E-state index contributed by atoms with van der Waals surface area (Å²) in [4.78, 5) is 10.4. The number of hydrogen-bond acceptors (Lipinski definition) is 3. The van der Waals surface area contributed by atoms with Gasteiger partial charge in [-0.2, -0.15) is 0 Å². The first-order valence-electron chi connectivity index (χ1n) is 9.33. The number of nitrogens with one attached hydrogen (secondary N) is 1. The number of imidazole rings is 1. The van der Waals surface area contributed by atoms with Crippen LogP contribution in [-0.4, -0.2) is 40.1 Å². The zero-order chi connectivity index (χ0) is 19.0. The van der Waals surface area contributed by atoms with E-state index in [1.165, 1.54) is 6.07 Å². The molecule has 1 saturated heterocycles. The molecule has 0 spiro atoms. The molecule has 142 valence electrons. The third-order valence-corrected chi connectivity index (χ3v) is 5.91. The third-order valence-electron chi connectivity index (χ3n) is 5.62. The van der Waals surface area contributed by atoms with Crippen molar-refractivity contribution in [3.05, 3.63) is 58.6 Å². The maximum Gasteiger partial charge on any atom is 0.183 e. The molecule has 27 heavy (non-hydrogen) atoms. The molecule has 6 heteroatoms. The van der Waals surface area contributed by atoms with Crippen molar-refractivity contribution < 1.29 is 9.50 Å². The van der Waals surface area contributed by atoms with Gasteiger partial charge in [-0.3, -0.25) is 0 Å². The van der Waals surface area contributed by atoms with E-state index in [-0.39, 0.29) is 16.7 Å². The Morgan fingerprint density at radius 3 is 2.74 bits per heavy atom. The van der Waals surface area contributed by atoms with Gasteiger partial charge >= 0.3 is 0 Å². The second-order valence-corrected chi connectivity index (χ2v) is 7.88. The topological polar surface area (TPSA) is 52.2 Å². The van der Waals surface area contributed by atoms with Crippen LogP contribution in [0.1, 0.15) is 36.6 Å². The number of aromatic hydroxyl groups is 1. The average molecular weight is 388 g/mol. The fraction of sp³-hybridized carbons (Fsp3) is 0.381. The first kappa shape index (κ1) is 18.3. The van der Waals surface area contributed by atoms with E-state index < -0.39 is 5.82 Å². The van der Waals surface area contributed by atoms with Gasteiger partial charge in [0.25, 0.3) is 0 Å². The molecule has 0 aliphatic carbocycles. The van der Waals surface area contributed by atoms with Gasteiger partial charge < -0.3 is 15.0 Å². The van der Waals surface area contributed by atoms with Crippen molar-refractivity contribution in [1.29, 1.82) is 0 Å². The summed E-state index contributed by atoms with van der Waals surface area (Å²) in [5.41, 5.74) is 2.35. The van der Waals surface area contributed by atoms with Gasteiger partial charge in [-0.1, -0.05) is 29.8 Å². The van der Waals surface area contributed by atoms with E-state index in [4.69, 9.17) is 16.6 Å². The number of rotatable bonds is 4. The van der Waals surface area contributed by atoms with E-state index in [0.717, 1.165) is 49.2 Å². The molecular formula is C21H23ClFN3O. The summed E-state index contributed by atoms with van der Waals surface area (Å²) in [5.74, 6) is -0.0955. The summed E-state index contributed by atoms with van der Waals surface area (Å²) in [5, 5.41) is 10.4. The second kappa shape index (κ2) is 7.49. The van der Waals surface area contributed by atoms with Gasteiger partial charge in [-0.25, -0.2) is 9.37 Å². The minimum Gasteiger partial charge on any atom is -0.505 e. The van der Waals surface area contributed by atoms with Crippen molar-refractivity contribution in [3.63, 3.8) is 0 Å². The zero-order valence-corrected chi connectivity index (χ0v) is 16.0. The summed E-state index contributed by atoms with van der Waals surface area (Å²) in [6.45, 7) is 2.11. The molecule has 2 N–H and O–H groups in total. The maximum absolute atomic E-state index is 14.3. The summed E-state index contributed by atoms with van der Waals surface area (Å²) < 4.78 is 14.3. The molecule has 0 amide bonds. The molecule has 4 nitrogen and oxygen atoms in total. The fourth-order valence-corrected chi connectivity index (χ4v) is 4.14. The fourth-order valence-electron chi connectivity index (χ4n) is 3.99. The lowest BCUT2D eigenvalue weighted by Gasteiger charge is -2.31. The highest BCUT2D eigenvalue weighted by Gasteiger charge is 2.28. The normalized spacial score (nSPS) is 17.4. The van der Waals surface area contributed by atoms with Crippen LogP contribution in [0.15, 0.2) is 36.4 Å². The number of fused-ring (bicyclic) bond motifs is 1. The molecule has 1 atom stereocenters. The number of phenols is 1. The summed E-state index contributed by atoms with van der Waals surface area (Å²) in [7, 11) is 2.13. The second-order valence-electron chi connectivity index (χ2n) is 7.47. The van der Waals surface area contributed by atoms with Crippen molar-refractivity contribution in [1.82, 2.24) is 14.9 Å². The number of para-hydroxylation sites is 2. The Kier molecular flexibility index (Phi) is 5.06. The summed E-state index contributed by atoms with van der Waals surface area (Å²) in [6.07, 6.45) is 2.98. The highest BCUT2D eigenvalue weighted by atomic mass is 35.5. The molecule has 1 fully saturated rings. The molecule has 4 rings (SSSR count). The molecular weight excluding hydrogens is 365 g/mol. The average Bonchev–Trinajstić information content (AvgIpc) is 3.10.